The number of alkyl halides is 3. The van der Waals surface area contributed by atoms with E-state index in [4.69, 9.17) is 0 Å². The zero-order valence-electron chi connectivity index (χ0n) is 17.3. The molecule has 2 aromatic rings. The summed E-state index contributed by atoms with van der Waals surface area (Å²) in [6.07, 6.45) is 0.660. The summed E-state index contributed by atoms with van der Waals surface area (Å²) in [7, 11) is 1.37. The van der Waals surface area contributed by atoms with Gasteiger partial charge in [-0.2, -0.15) is 18.3 Å². The monoisotopic (exact) mass is 407 g/mol. The van der Waals surface area contributed by atoms with Crippen molar-refractivity contribution in [3.63, 3.8) is 0 Å². The van der Waals surface area contributed by atoms with E-state index in [-0.39, 0.29) is 5.41 Å². The van der Waals surface area contributed by atoms with Crippen molar-refractivity contribution in [1.82, 2.24) is 9.78 Å². The van der Waals surface area contributed by atoms with Crippen molar-refractivity contribution in [2.24, 2.45) is 18.4 Å². The summed E-state index contributed by atoms with van der Waals surface area (Å²) in [6, 6.07) is 7.41. The molecule has 158 valence electrons. The van der Waals surface area contributed by atoms with Gasteiger partial charge in [0.25, 0.3) is 5.91 Å². The average Bonchev–Trinajstić information content (AvgIpc) is 3.04. The fraction of sp³-hybridized carbons (Fsp3) is 0.545. The minimum Gasteiger partial charge on any atom is -0.322 e. The number of nitrogens with zero attached hydrogens (tertiary/aromatic N) is 2. The van der Waals surface area contributed by atoms with Gasteiger partial charge in [0, 0.05) is 18.9 Å². The van der Waals surface area contributed by atoms with E-state index >= 15 is 0 Å². The Kier molecular flexibility index (Phi) is 5.79. The van der Waals surface area contributed by atoms with Gasteiger partial charge in [0.1, 0.15) is 0 Å². The fourth-order valence-electron chi connectivity index (χ4n) is 4.29. The third-order valence-corrected chi connectivity index (χ3v) is 5.94. The van der Waals surface area contributed by atoms with Gasteiger partial charge in [-0.05, 0) is 54.6 Å². The van der Waals surface area contributed by atoms with Crippen molar-refractivity contribution in [3.8, 4) is 0 Å². The number of hydrogen-bond donors (Lipinski definition) is 1. The summed E-state index contributed by atoms with van der Waals surface area (Å²) >= 11 is 0. The second kappa shape index (κ2) is 7.84. The molecule has 4 nitrogen and oxygen atoms in total. The maximum Gasteiger partial charge on any atom is 0.435 e. The Labute approximate surface area is 169 Å². The number of para-hydroxylation sites is 1. The minimum atomic E-state index is -4.68. The summed E-state index contributed by atoms with van der Waals surface area (Å²) < 4.78 is 40.6. The molecule has 0 aliphatic heterocycles. The first-order valence-corrected chi connectivity index (χ1v) is 9.98. The van der Waals surface area contributed by atoms with Gasteiger partial charge in [-0.1, -0.05) is 39.0 Å². The molecule has 1 aromatic heterocycles. The van der Waals surface area contributed by atoms with E-state index < -0.39 is 23.3 Å². The quantitative estimate of drug-likeness (QED) is 0.677. The third-order valence-electron chi connectivity index (χ3n) is 5.94. The Morgan fingerprint density at radius 2 is 1.72 bits per heavy atom. The molecule has 1 N–H and O–H groups in total. The van der Waals surface area contributed by atoms with Crippen LogP contribution in [0.3, 0.4) is 0 Å². The van der Waals surface area contributed by atoms with Crippen LogP contribution in [0.4, 0.5) is 18.9 Å². The highest BCUT2D eigenvalue weighted by Gasteiger charge is 2.39. The van der Waals surface area contributed by atoms with Crippen LogP contribution < -0.4 is 5.32 Å². The van der Waals surface area contributed by atoms with Crippen LogP contribution in [-0.2, 0) is 13.2 Å². The third kappa shape index (κ3) is 4.82. The van der Waals surface area contributed by atoms with Crippen molar-refractivity contribution in [2.45, 2.75) is 58.5 Å². The first-order chi connectivity index (χ1) is 13.5. The molecule has 1 fully saturated rings. The molecule has 3 rings (SSSR count). The number of amides is 1. The van der Waals surface area contributed by atoms with Crippen molar-refractivity contribution in [1.29, 1.82) is 0 Å². The topological polar surface area (TPSA) is 46.9 Å². The molecule has 1 saturated carbocycles. The highest BCUT2D eigenvalue weighted by Crippen LogP contribution is 2.44. The number of aromatic nitrogens is 2. The average molecular weight is 407 g/mol. The maximum absolute atomic E-state index is 13.2. The molecule has 1 aromatic carbocycles. The van der Waals surface area contributed by atoms with Gasteiger partial charge in [-0.3, -0.25) is 9.48 Å². The van der Waals surface area contributed by atoms with E-state index in [0.29, 0.717) is 17.5 Å². The lowest BCUT2D eigenvalue weighted by molar-refractivity contribution is -0.141. The smallest absolute Gasteiger partial charge is 0.322 e. The second-order valence-corrected chi connectivity index (χ2v) is 9.02. The van der Waals surface area contributed by atoms with Crippen molar-refractivity contribution >= 4 is 11.6 Å². The van der Waals surface area contributed by atoms with Crippen LogP contribution >= 0.6 is 0 Å². The van der Waals surface area contributed by atoms with Gasteiger partial charge in [0.05, 0.1) is 5.56 Å². The van der Waals surface area contributed by atoms with Crippen molar-refractivity contribution in [3.05, 3.63) is 47.3 Å². The lowest BCUT2D eigenvalue weighted by Crippen LogP contribution is -2.25. The number of aryl methyl sites for hydroxylation is 1. The summed E-state index contributed by atoms with van der Waals surface area (Å²) in [6.45, 7) is 6.79. The lowest BCUT2D eigenvalue weighted by atomic mass is 9.68. The summed E-state index contributed by atoms with van der Waals surface area (Å²) in [5.41, 5.74) is 0.207. The molecule has 1 aliphatic carbocycles. The van der Waals surface area contributed by atoms with E-state index in [1.165, 1.54) is 7.05 Å². The van der Waals surface area contributed by atoms with Gasteiger partial charge in [0.15, 0.2) is 5.69 Å². The van der Waals surface area contributed by atoms with Crippen LogP contribution in [0.1, 0.15) is 74.0 Å². The maximum atomic E-state index is 13.2. The van der Waals surface area contributed by atoms with Gasteiger partial charge in [-0.25, -0.2) is 0 Å². The van der Waals surface area contributed by atoms with Gasteiger partial charge in [0.2, 0.25) is 0 Å². The summed E-state index contributed by atoms with van der Waals surface area (Å²) in [4.78, 5) is 12.6. The van der Waals surface area contributed by atoms with E-state index in [1.54, 1.807) is 12.1 Å². The van der Waals surface area contributed by atoms with E-state index in [1.807, 2.05) is 12.1 Å². The first kappa shape index (κ1) is 21.4. The zero-order chi connectivity index (χ0) is 21.4. The van der Waals surface area contributed by atoms with Crippen LogP contribution in [0, 0.1) is 11.3 Å². The predicted octanol–water partition coefficient (Wildman–Crippen LogP) is 6.01. The first-order valence-electron chi connectivity index (χ1n) is 9.98. The molecular formula is C22H28F3N3O. The van der Waals surface area contributed by atoms with Crippen molar-refractivity contribution in [2.75, 3.05) is 5.32 Å². The van der Waals surface area contributed by atoms with E-state index in [0.717, 1.165) is 42.1 Å². The largest absolute Gasteiger partial charge is 0.435 e. The van der Waals surface area contributed by atoms with Crippen LogP contribution in [0.2, 0.25) is 0 Å². The molecular weight excluding hydrogens is 379 g/mol. The second-order valence-electron chi connectivity index (χ2n) is 9.02. The lowest BCUT2D eigenvalue weighted by Gasteiger charge is -2.37. The van der Waals surface area contributed by atoms with Gasteiger partial charge >= 0.3 is 6.18 Å². The normalized spacial score (nSPS) is 20.5. The molecule has 0 atom stereocenters. The van der Waals surface area contributed by atoms with Gasteiger partial charge < -0.3 is 5.32 Å². The van der Waals surface area contributed by atoms with Crippen LogP contribution in [0.25, 0.3) is 0 Å². The summed E-state index contributed by atoms with van der Waals surface area (Å²) in [5.74, 6) is 0.160. The van der Waals surface area contributed by atoms with Crippen LogP contribution in [0.15, 0.2) is 30.5 Å². The molecule has 0 saturated heterocycles. The Balaban J connectivity index is 1.80. The molecule has 1 heterocycles. The molecule has 0 unspecified atom stereocenters. The molecule has 29 heavy (non-hydrogen) atoms. The Bertz CT molecular complexity index is 872. The standard InChI is InChI=1S/C22H28F3N3O/c1-21(2,3)15-11-9-14(10-12-15)16-7-5-6-8-18(16)26-20(29)17-13-28(4)27-19(17)22(23,24)25/h5-8,13-15H,9-12H2,1-4H3,(H,26,29). The van der Waals surface area contributed by atoms with Crippen LogP contribution in [-0.4, -0.2) is 15.7 Å². The highest BCUT2D eigenvalue weighted by atomic mass is 19.4. The molecule has 1 amide bonds. The van der Waals surface area contributed by atoms with E-state index in [2.05, 4.69) is 31.2 Å². The molecule has 7 heteroatoms. The minimum absolute atomic E-state index is 0.271. The van der Waals surface area contributed by atoms with Gasteiger partial charge in [-0.15, -0.1) is 0 Å². The van der Waals surface area contributed by atoms with Crippen molar-refractivity contribution < 1.29 is 18.0 Å². The van der Waals surface area contributed by atoms with Crippen LogP contribution in [0.5, 0.6) is 0 Å². The number of halogens is 3. The number of anilines is 1. The molecule has 0 radical (unpaired) electrons. The number of nitrogens with one attached hydrogen (secondary N) is 1. The Morgan fingerprint density at radius 3 is 2.31 bits per heavy atom. The number of benzene rings is 1. The predicted molar refractivity (Wildman–Crippen MR) is 107 cm³/mol. The molecule has 0 spiro atoms. The molecule has 0 bridgehead atoms. The SMILES string of the molecule is Cn1cc(C(=O)Nc2ccccc2C2CCC(C(C)(C)C)CC2)c(C(F)(F)F)n1. The number of carbonyl (C=O) groups excluding carboxylic acids is 1. The Hall–Kier alpha value is -2.31. The number of carbonyl (C=O) groups is 1. The summed E-state index contributed by atoms with van der Waals surface area (Å²) in [5, 5.41) is 6.12. The zero-order valence-corrected chi connectivity index (χ0v) is 17.3. The highest BCUT2D eigenvalue weighted by molar-refractivity contribution is 6.05. The van der Waals surface area contributed by atoms with E-state index in [9.17, 15) is 18.0 Å². The molecule has 1 aliphatic rings. The number of rotatable bonds is 3. The Morgan fingerprint density at radius 1 is 1.10 bits per heavy atom. The fourth-order valence-corrected chi connectivity index (χ4v) is 4.29. The number of hydrogen-bond acceptors (Lipinski definition) is 2.